The summed E-state index contributed by atoms with van der Waals surface area (Å²) >= 11 is 0. The van der Waals surface area contributed by atoms with Gasteiger partial charge >= 0.3 is 6.03 Å². The number of nitrogens with one attached hydrogen (secondary N) is 2. The average Bonchev–Trinajstić information content (AvgIpc) is 2.36. The van der Waals surface area contributed by atoms with Crippen LogP contribution in [0.25, 0.3) is 0 Å². The lowest BCUT2D eigenvalue weighted by Gasteiger charge is -2.11. The largest absolute Gasteiger partial charge is 0.347 e. The molecule has 0 spiro atoms. The molecule has 1 rings (SSSR count). The summed E-state index contributed by atoms with van der Waals surface area (Å²) in [5.74, 6) is 2.30. The number of terminal acetylenes is 1. The van der Waals surface area contributed by atoms with E-state index in [1.807, 2.05) is 0 Å². The van der Waals surface area contributed by atoms with Crippen molar-refractivity contribution in [2.45, 2.75) is 0 Å². The van der Waals surface area contributed by atoms with E-state index in [-0.39, 0.29) is 12.5 Å². The minimum absolute atomic E-state index is 0.0480. The van der Waals surface area contributed by atoms with Gasteiger partial charge in [0.2, 0.25) is 5.91 Å². The second-order valence-electron chi connectivity index (χ2n) is 3.82. The van der Waals surface area contributed by atoms with E-state index in [9.17, 15) is 9.59 Å². The third kappa shape index (κ3) is 4.18. The van der Waals surface area contributed by atoms with Gasteiger partial charge in [0.25, 0.3) is 0 Å². The molecule has 94 valence electrons. The van der Waals surface area contributed by atoms with Gasteiger partial charge in [-0.1, -0.05) is 12.0 Å². The van der Waals surface area contributed by atoms with Crippen molar-refractivity contribution in [3.05, 3.63) is 29.8 Å². The van der Waals surface area contributed by atoms with Crippen LogP contribution >= 0.6 is 0 Å². The first kappa shape index (κ1) is 13.6. The summed E-state index contributed by atoms with van der Waals surface area (Å²) < 4.78 is 0. The molecule has 0 aromatic heterocycles. The lowest BCUT2D eigenvalue weighted by molar-refractivity contribution is -0.127. The average molecular weight is 245 g/mol. The van der Waals surface area contributed by atoms with Gasteiger partial charge in [-0.15, -0.1) is 6.42 Å². The maximum atomic E-state index is 11.5. The molecule has 3 amide bonds. The van der Waals surface area contributed by atoms with Gasteiger partial charge in [-0.2, -0.15) is 0 Å². The Balaban J connectivity index is 2.50. The summed E-state index contributed by atoms with van der Waals surface area (Å²) in [5.41, 5.74) is 1.26. The maximum Gasteiger partial charge on any atom is 0.319 e. The normalized spacial score (nSPS) is 9.17. The second kappa shape index (κ2) is 6.30. The highest BCUT2D eigenvalue weighted by molar-refractivity contribution is 5.92. The Morgan fingerprint density at radius 3 is 2.72 bits per heavy atom. The van der Waals surface area contributed by atoms with Crippen LogP contribution in [0.3, 0.4) is 0 Å². The fraction of sp³-hybridized carbons (Fsp3) is 0.231. The van der Waals surface area contributed by atoms with Gasteiger partial charge in [0.1, 0.15) is 0 Å². The molecule has 0 fully saturated rings. The Morgan fingerprint density at radius 2 is 2.11 bits per heavy atom. The van der Waals surface area contributed by atoms with Crippen LogP contribution < -0.4 is 10.6 Å². The SMILES string of the molecule is C#Cc1cccc(NC(=O)NCC(=O)N(C)C)c1. The van der Waals surface area contributed by atoms with Crippen LogP contribution in [-0.4, -0.2) is 37.5 Å². The quantitative estimate of drug-likeness (QED) is 0.776. The highest BCUT2D eigenvalue weighted by Gasteiger charge is 2.06. The number of nitrogens with zero attached hydrogens (tertiary/aromatic N) is 1. The lowest BCUT2D eigenvalue weighted by Crippen LogP contribution is -2.38. The molecule has 0 aliphatic rings. The van der Waals surface area contributed by atoms with Crippen LogP contribution in [0.2, 0.25) is 0 Å². The van der Waals surface area contributed by atoms with E-state index in [4.69, 9.17) is 6.42 Å². The van der Waals surface area contributed by atoms with E-state index >= 15 is 0 Å². The van der Waals surface area contributed by atoms with Crippen molar-refractivity contribution in [3.8, 4) is 12.3 Å². The molecular weight excluding hydrogens is 230 g/mol. The molecule has 0 saturated heterocycles. The van der Waals surface area contributed by atoms with Gasteiger partial charge in [-0.25, -0.2) is 4.79 Å². The molecule has 1 aromatic carbocycles. The van der Waals surface area contributed by atoms with Gasteiger partial charge in [0.15, 0.2) is 0 Å². The zero-order valence-electron chi connectivity index (χ0n) is 10.4. The van der Waals surface area contributed by atoms with Crippen molar-refractivity contribution in [2.24, 2.45) is 0 Å². The minimum Gasteiger partial charge on any atom is -0.347 e. The number of carbonyl (C=O) groups excluding carboxylic acids is 2. The molecule has 5 heteroatoms. The van der Waals surface area contributed by atoms with Crippen LogP contribution in [0, 0.1) is 12.3 Å². The Bertz CT molecular complexity index is 489. The Hall–Kier alpha value is -2.48. The molecule has 2 N–H and O–H groups in total. The van der Waals surface area contributed by atoms with E-state index in [0.717, 1.165) is 0 Å². The number of urea groups is 1. The zero-order chi connectivity index (χ0) is 13.5. The van der Waals surface area contributed by atoms with Crippen LogP contribution in [0.15, 0.2) is 24.3 Å². The summed E-state index contributed by atoms with van der Waals surface area (Å²) in [6.45, 7) is -0.0480. The van der Waals surface area contributed by atoms with E-state index in [1.165, 1.54) is 4.90 Å². The third-order valence-electron chi connectivity index (χ3n) is 2.19. The molecule has 18 heavy (non-hydrogen) atoms. The number of anilines is 1. The van der Waals surface area contributed by atoms with Gasteiger partial charge < -0.3 is 15.5 Å². The van der Waals surface area contributed by atoms with E-state index < -0.39 is 6.03 Å². The first-order valence-electron chi connectivity index (χ1n) is 5.34. The van der Waals surface area contributed by atoms with Crippen molar-refractivity contribution < 1.29 is 9.59 Å². The molecule has 5 nitrogen and oxygen atoms in total. The second-order valence-corrected chi connectivity index (χ2v) is 3.82. The summed E-state index contributed by atoms with van der Waals surface area (Å²) in [6, 6.07) is 6.45. The van der Waals surface area contributed by atoms with Crippen LogP contribution in [0.4, 0.5) is 10.5 Å². The van der Waals surface area contributed by atoms with Crippen molar-refractivity contribution in [1.82, 2.24) is 10.2 Å². The Labute approximate surface area is 106 Å². The van der Waals surface area contributed by atoms with Gasteiger partial charge in [0, 0.05) is 25.3 Å². The van der Waals surface area contributed by atoms with Gasteiger partial charge in [0.05, 0.1) is 6.54 Å². The number of rotatable bonds is 3. The Kier molecular flexibility index (Phi) is 4.76. The van der Waals surface area contributed by atoms with Crippen molar-refractivity contribution >= 4 is 17.6 Å². The number of carbonyl (C=O) groups is 2. The van der Waals surface area contributed by atoms with Crippen molar-refractivity contribution in [2.75, 3.05) is 26.0 Å². The number of hydrogen-bond acceptors (Lipinski definition) is 2. The zero-order valence-corrected chi connectivity index (χ0v) is 10.4. The van der Waals surface area contributed by atoms with Crippen molar-refractivity contribution in [1.29, 1.82) is 0 Å². The first-order chi connectivity index (χ1) is 8.52. The van der Waals surface area contributed by atoms with Crippen LogP contribution in [0.5, 0.6) is 0 Å². The fourth-order valence-electron chi connectivity index (χ4n) is 1.18. The topological polar surface area (TPSA) is 61.4 Å². The molecule has 0 heterocycles. The smallest absolute Gasteiger partial charge is 0.319 e. The minimum atomic E-state index is -0.445. The Morgan fingerprint density at radius 1 is 1.39 bits per heavy atom. The highest BCUT2D eigenvalue weighted by Crippen LogP contribution is 2.09. The van der Waals surface area contributed by atoms with Crippen LogP contribution in [0.1, 0.15) is 5.56 Å². The summed E-state index contributed by atoms with van der Waals surface area (Å²) in [7, 11) is 3.25. The van der Waals surface area contributed by atoms with Gasteiger partial charge in [-0.05, 0) is 18.2 Å². The number of likely N-dealkylation sites (N-methyl/N-ethyl adjacent to an activating group) is 1. The monoisotopic (exact) mass is 245 g/mol. The number of benzene rings is 1. The molecule has 0 saturated carbocycles. The van der Waals surface area contributed by atoms with Gasteiger partial charge in [-0.3, -0.25) is 4.79 Å². The lowest BCUT2D eigenvalue weighted by atomic mass is 10.2. The predicted molar refractivity (Wildman–Crippen MR) is 70.1 cm³/mol. The predicted octanol–water partition coefficient (Wildman–Crippen LogP) is 0.878. The molecule has 0 radical (unpaired) electrons. The first-order valence-corrected chi connectivity index (χ1v) is 5.34. The fourth-order valence-corrected chi connectivity index (χ4v) is 1.18. The molecule has 1 aromatic rings. The molecule has 0 unspecified atom stereocenters. The molecule has 0 aliphatic heterocycles. The molecule has 0 aliphatic carbocycles. The summed E-state index contributed by atoms with van der Waals surface area (Å²) in [6.07, 6.45) is 5.25. The van der Waals surface area contributed by atoms with Crippen molar-refractivity contribution in [3.63, 3.8) is 0 Å². The third-order valence-corrected chi connectivity index (χ3v) is 2.19. The maximum absolute atomic E-state index is 11.5. The molecule has 0 atom stereocenters. The van der Waals surface area contributed by atoms with E-state index in [2.05, 4.69) is 16.6 Å². The molecule has 0 bridgehead atoms. The summed E-state index contributed by atoms with van der Waals surface area (Å²) in [4.78, 5) is 24.2. The number of amides is 3. The molecular formula is C13H15N3O2. The van der Waals surface area contributed by atoms with E-state index in [1.54, 1.807) is 38.4 Å². The van der Waals surface area contributed by atoms with Crippen LogP contribution in [-0.2, 0) is 4.79 Å². The highest BCUT2D eigenvalue weighted by atomic mass is 16.2. The standard InChI is InChI=1S/C13H15N3O2/c1-4-10-6-5-7-11(8-10)15-13(18)14-9-12(17)16(2)3/h1,5-8H,9H2,2-3H3,(H2,14,15,18). The number of hydrogen-bond donors (Lipinski definition) is 2. The van der Waals surface area contributed by atoms with E-state index in [0.29, 0.717) is 11.3 Å². The summed E-state index contributed by atoms with van der Waals surface area (Å²) in [5, 5.41) is 5.05.